The third kappa shape index (κ3) is 2.91. The molecule has 5 heteroatoms. The topological polar surface area (TPSA) is 68.2 Å². The lowest BCUT2D eigenvalue weighted by Gasteiger charge is -2.18. The zero-order valence-electron chi connectivity index (χ0n) is 14.9. The number of nitrogens with two attached hydrogens (primary N) is 1. The number of oxazole rings is 1. The van der Waals surface area contributed by atoms with Crippen LogP contribution in [0.4, 0.5) is 11.5 Å². The zero-order chi connectivity index (χ0) is 18.2. The second-order valence-electron chi connectivity index (χ2n) is 6.89. The Morgan fingerprint density at radius 1 is 0.926 bits per heavy atom. The van der Waals surface area contributed by atoms with E-state index in [4.69, 9.17) is 10.2 Å². The van der Waals surface area contributed by atoms with Gasteiger partial charge in [0, 0.05) is 30.5 Å². The maximum absolute atomic E-state index is 6.13. The molecule has 0 atom stereocenters. The highest BCUT2D eigenvalue weighted by Gasteiger charge is 2.15. The predicted octanol–water partition coefficient (Wildman–Crippen LogP) is 4.74. The fraction of sp³-hybridized carbons (Fsp3) is 0.182. The molecular weight excluding hydrogens is 336 g/mol. The summed E-state index contributed by atoms with van der Waals surface area (Å²) >= 11 is 0. The van der Waals surface area contributed by atoms with Crippen molar-refractivity contribution in [2.75, 3.05) is 23.7 Å². The molecule has 0 aliphatic carbocycles. The van der Waals surface area contributed by atoms with E-state index >= 15 is 0 Å². The van der Waals surface area contributed by atoms with Crippen LogP contribution < -0.4 is 10.6 Å². The van der Waals surface area contributed by atoms with Crippen LogP contribution in [0.15, 0.2) is 65.2 Å². The van der Waals surface area contributed by atoms with Gasteiger partial charge in [-0.15, -0.1) is 0 Å². The highest BCUT2D eigenvalue weighted by atomic mass is 16.3. The number of hydrogen-bond acceptors (Lipinski definition) is 5. The normalized spacial score (nSPS) is 14.1. The molecule has 0 saturated carbocycles. The molecular formula is C22H20N4O. The van der Waals surface area contributed by atoms with E-state index in [1.807, 2.05) is 36.5 Å². The molecule has 134 valence electrons. The third-order valence-electron chi connectivity index (χ3n) is 5.09. The van der Waals surface area contributed by atoms with Gasteiger partial charge in [0.25, 0.3) is 0 Å². The molecule has 0 amide bonds. The van der Waals surface area contributed by atoms with Crippen molar-refractivity contribution in [2.45, 2.75) is 12.8 Å². The molecule has 1 aliphatic rings. The van der Waals surface area contributed by atoms with Gasteiger partial charge in [-0.1, -0.05) is 24.3 Å². The smallest absolute Gasteiger partial charge is 0.231 e. The van der Waals surface area contributed by atoms with E-state index in [9.17, 15) is 0 Å². The molecule has 2 aromatic heterocycles. The number of aromatic nitrogens is 2. The quantitative estimate of drug-likeness (QED) is 0.574. The Balaban J connectivity index is 1.56. The summed E-state index contributed by atoms with van der Waals surface area (Å²) in [6, 6.07) is 18.3. The first-order chi connectivity index (χ1) is 13.3. The van der Waals surface area contributed by atoms with Crippen LogP contribution in [-0.2, 0) is 0 Å². The molecule has 0 radical (unpaired) electrons. The minimum atomic E-state index is 0.418. The minimum absolute atomic E-state index is 0.418. The van der Waals surface area contributed by atoms with E-state index in [1.54, 1.807) is 0 Å². The Kier molecular flexibility index (Phi) is 3.78. The van der Waals surface area contributed by atoms with Gasteiger partial charge in [0.1, 0.15) is 11.3 Å². The first-order valence-electron chi connectivity index (χ1n) is 9.25. The molecule has 4 aromatic rings. The Labute approximate surface area is 157 Å². The molecule has 27 heavy (non-hydrogen) atoms. The van der Waals surface area contributed by atoms with Crippen LogP contribution in [0.25, 0.3) is 33.7 Å². The van der Waals surface area contributed by atoms with Crippen LogP contribution in [0.3, 0.4) is 0 Å². The van der Waals surface area contributed by atoms with Gasteiger partial charge in [-0.25, -0.2) is 9.97 Å². The number of anilines is 2. The molecule has 3 heterocycles. The van der Waals surface area contributed by atoms with Crippen LogP contribution in [0.5, 0.6) is 0 Å². The van der Waals surface area contributed by atoms with Crippen LogP contribution in [0.2, 0.25) is 0 Å². The molecule has 0 spiro atoms. The lowest BCUT2D eigenvalue weighted by molar-refractivity contribution is 0.620. The van der Waals surface area contributed by atoms with Crippen molar-refractivity contribution in [3.63, 3.8) is 0 Å². The summed E-state index contributed by atoms with van der Waals surface area (Å²) in [6.45, 7) is 2.25. The van der Waals surface area contributed by atoms with Crippen molar-refractivity contribution in [1.82, 2.24) is 9.97 Å². The standard InChI is InChI=1S/C22H20N4O/c23-21-18(22-25-19-8-1-2-9-20(19)27-22)13-16(14-24-21)15-6-5-7-17(12-15)26-10-3-4-11-26/h1-2,5-9,12-14H,3-4,10-11H2,(H2,23,24). The monoisotopic (exact) mass is 356 g/mol. The second-order valence-corrected chi connectivity index (χ2v) is 6.89. The summed E-state index contributed by atoms with van der Waals surface area (Å²) in [7, 11) is 0. The highest BCUT2D eigenvalue weighted by Crippen LogP contribution is 2.32. The highest BCUT2D eigenvalue weighted by molar-refractivity contribution is 5.81. The summed E-state index contributed by atoms with van der Waals surface area (Å²) in [5.41, 5.74) is 11.8. The summed E-state index contributed by atoms with van der Waals surface area (Å²) in [6.07, 6.45) is 4.33. The van der Waals surface area contributed by atoms with E-state index in [1.165, 1.54) is 18.5 Å². The first kappa shape index (κ1) is 15.9. The van der Waals surface area contributed by atoms with Gasteiger partial charge in [-0.05, 0) is 48.7 Å². The lowest BCUT2D eigenvalue weighted by atomic mass is 10.0. The Bertz CT molecular complexity index is 1080. The maximum atomic E-state index is 6.13. The fourth-order valence-corrected chi connectivity index (χ4v) is 3.65. The van der Waals surface area contributed by atoms with Crippen LogP contribution >= 0.6 is 0 Å². The van der Waals surface area contributed by atoms with E-state index in [0.717, 1.165) is 40.9 Å². The first-order valence-corrected chi connectivity index (χ1v) is 9.25. The number of fused-ring (bicyclic) bond motifs is 1. The van der Waals surface area contributed by atoms with Gasteiger partial charge in [0.05, 0.1) is 5.56 Å². The SMILES string of the molecule is Nc1ncc(-c2cccc(N3CCCC3)c2)cc1-c1nc2ccccc2o1. The molecule has 0 unspecified atom stereocenters. The van der Waals surface area contributed by atoms with E-state index in [0.29, 0.717) is 11.7 Å². The average molecular weight is 356 g/mol. The molecule has 1 saturated heterocycles. The van der Waals surface area contributed by atoms with Crippen molar-refractivity contribution in [3.05, 3.63) is 60.8 Å². The van der Waals surface area contributed by atoms with E-state index < -0.39 is 0 Å². The largest absolute Gasteiger partial charge is 0.436 e. The van der Waals surface area contributed by atoms with Crippen LogP contribution in [-0.4, -0.2) is 23.1 Å². The fourth-order valence-electron chi connectivity index (χ4n) is 3.65. The third-order valence-corrected chi connectivity index (χ3v) is 5.09. The van der Waals surface area contributed by atoms with Crippen LogP contribution in [0.1, 0.15) is 12.8 Å². The summed E-state index contributed by atoms with van der Waals surface area (Å²) in [5, 5.41) is 0. The van der Waals surface area contributed by atoms with Gasteiger partial charge in [0.15, 0.2) is 5.58 Å². The molecule has 1 aliphatic heterocycles. The number of nitrogen functional groups attached to an aromatic ring is 1. The minimum Gasteiger partial charge on any atom is -0.436 e. The molecule has 5 nitrogen and oxygen atoms in total. The summed E-state index contributed by atoms with van der Waals surface area (Å²) < 4.78 is 5.89. The number of pyridine rings is 1. The number of hydrogen-bond donors (Lipinski definition) is 1. The summed E-state index contributed by atoms with van der Waals surface area (Å²) in [5.74, 6) is 0.916. The van der Waals surface area contributed by atoms with Crippen molar-refractivity contribution in [2.24, 2.45) is 0 Å². The lowest BCUT2D eigenvalue weighted by Crippen LogP contribution is -2.17. The second kappa shape index (κ2) is 6.43. The van der Waals surface area contributed by atoms with Gasteiger partial charge < -0.3 is 15.1 Å². The maximum Gasteiger partial charge on any atom is 0.231 e. The molecule has 2 N–H and O–H groups in total. The van der Waals surface area contributed by atoms with Crippen molar-refractivity contribution >= 4 is 22.6 Å². The Hall–Kier alpha value is -3.34. The van der Waals surface area contributed by atoms with Crippen molar-refractivity contribution in [1.29, 1.82) is 0 Å². The molecule has 5 rings (SSSR count). The van der Waals surface area contributed by atoms with Crippen molar-refractivity contribution in [3.8, 4) is 22.6 Å². The molecule has 0 bridgehead atoms. The van der Waals surface area contributed by atoms with E-state index in [2.05, 4.69) is 39.1 Å². The number of benzene rings is 2. The number of nitrogens with zero attached hydrogens (tertiary/aromatic N) is 3. The van der Waals surface area contributed by atoms with Gasteiger partial charge >= 0.3 is 0 Å². The average Bonchev–Trinajstić information content (AvgIpc) is 3.38. The molecule has 2 aromatic carbocycles. The predicted molar refractivity (Wildman–Crippen MR) is 109 cm³/mol. The number of rotatable bonds is 3. The molecule has 1 fully saturated rings. The zero-order valence-corrected chi connectivity index (χ0v) is 14.9. The Morgan fingerprint density at radius 2 is 1.78 bits per heavy atom. The van der Waals surface area contributed by atoms with Gasteiger partial charge in [-0.2, -0.15) is 0 Å². The van der Waals surface area contributed by atoms with Crippen molar-refractivity contribution < 1.29 is 4.42 Å². The summed E-state index contributed by atoms with van der Waals surface area (Å²) in [4.78, 5) is 11.4. The van der Waals surface area contributed by atoms with Gasteiger partial charge in [0.2, 0.25) is 5.89 Å². The number of para-hydroxylation sites is 2. The van der Waals surface area contributed by atoms with Gasteiger partial charge in [-0.3, -0.25) is 0 Å². The Morgan fingerprint density at radius 3 is 2.63 bits per heavy atom. The van der Waals surface area contributed by atoms with Crippen LogP contribution in [0, 0.1) is 0 Å². The van der Waals surface area contributed by atoms with E-state index in [-0.39, 0.29) is 0 Å².